The number of pyridine rings is 2. The van der Waals surface area contributed by atoms with Gasteiger partial charge in [0.25, 0.3) is 0 Å². The molecule has 1 saturated heterocycles. The van der Waals surface area contributed by atoms with Crippen LogP contribution in [0, 0.1) is 6.92 Å². The van der Waals surface area contributed by atoms with Gasteiger partial charge in [0.2, 0.25) is 5.91 Å². The SMILES string of the molecule is [2H]C1CN(CC(=O)Nc2cc3nc(-c4nnc(C)s4)ccc3cn2)CCO1. The van der Waals surface area contributed by atoms with E-state index in [1.165, 1.54) is 11.3 Å². The number of carbonyl (C=O) groups excluding carboxylic acids is 1. The summed E-state index contributed by atoms with van der Waals surface area (Å²) in [6.45, 7) is 3.03. The van der Waals surface area contributed by atoms with Crippen LogP contribution >= 0.6 is 11.3 Å². The van der Waals surface area contributed by atoms with Crippen molar-refractivity contribution < 1.29 is 10.9 Å². The molecule has 1 amide bonds. The number of anilines is 1. The largest absolute Gasteiger partial charge is 0.379 e. The number of nitrogens with one attached hydrogen (secondary N) is 1. The number of morpholine rings is 1. The predicted octanol–water partition coefficient (Wildman–Crippen LogP) is 1.73. The van der Waals surface area contributed by atoms with Crippen LogP contribution in [0.2, 0.25) is 0 Å². The summed E-state index contributed by atoms with van der Waals surface area (Å²) in [6.07, 6.45) is 1.68. The molecule has 134 valence electrons. The highest BCUT2D eigenvalue weighted by Crippen LogP contribution is 2.24. The zero-order valence-electron chi connectivity index (χ0n) is 15.2. The van der Waals surface area contributed by atoms with E-state index >= 15 is 0 Å². The van der Waals surface area contributed by atoms with Crippen LogP contribution in [0.3, 0.4) is 0 Å². The molecule has 26 heavy (non-hydrogen) atoms. The summed E-state index contributed by atoms with van der Waals surface area (Å²) in [5, 5.41) is 13.5. The van der Waals surface area contributed by atoms with Crippen LogP contribution < -0.4 is 5.32 Å². The third kappa shape index (κ3) is 3.85. The molecular weight excluding hydrogens is 352 g/mol. The van der Waals surface area contributed by atoms with E-state index in [4.69, 9.17) is 6.11 Å². The lowest BCUT2D eigenvalue weighted by Gasteiger charge is -2.25. The molecule has 8 nitrogen and oxygen atoms in total. The number of nitrogens with zero attached hydrogens (tertiary/aromatic N) is 5. The lowest BCUT2D eigenvalue weighted by Crippen LogP contribution is -2.41. The van der Waals surface area contributed by atoms with Crippen LogP contribution in [0.15, 0.2) is 24.4 Å². The molecule has 9 heteroatoms. The number of carbonyl (C=O) groups is 1. The van der Waals surface area contributed by atoms with Gasteiger partial charge < -0.3 is 10.1 Å². The summed E-state index contributed by atoms with van der Waals surface area (Å²) in [5.74, 6) is 0.271. The summed E-state index contributed by atoms with van der Waals surface area (Å²) in [5.41, 5.74) is 1.47. The van der Waals surface area contributed by atoms with Crippen molar-refractivity contribution >= 4 is 34.0 Å². The van der Waals surface area contributed by atoms with E-state index in [9.17, 15) is 4.79 Å². The highest BCUT2D eigenvalue weighted by molar-refractivity contribution is 7.14. The van der Waals surface area contributed by atoms with Crippen molar-refractivity contribution in [2.45, 2.75) is 6.92 Å². The molecule has 0 aliphatic carbocycles. The molecule has 1 fully saturated rings. The summed E-state index contributed by atoms with van der Waals surface area (Å²) in [4.78, 5) is 23.1. The Kier molecular flexibility index (Phi) is 4.48. The number of amides is 1. The van der Waals surface area contributed by atoms with Gasteiger partial charge in [-0.3, -0.25) is 9.69 Å². The Morgan fingerprint density at radius 1 is 1.42 bits per heavy atom. The number of rotatable bonds is 4. The number of aryl methyl sites for hydroxylation is 1. The monoisotopic (exact) mass is 371 g/mol. The van der Waals surface area contributed by atoms with Gasteiger partial charge in [0.15, 0.2) is 5.01 Å². The minimum atomic E-state index is -0.600. The lowest BCUT2D eigenvalue weighted by atomic mass is 10.2. The molecule has 0 spiro atoms. The molecule has 1 aliphatic heterocycles. The van der Waals surface area contributed by atoms with E-state index in [0.29, 0.717) is 25.5 Å². The van der Waals surface area contributed by atoms with Gasteiger partial charge in [-0.05, 0) is 19.1 Å². The molecule has 4 heterocycles. The third-order valence-electron chi connectivity index (χ3n) is 3.93. The quantitative estimate of drug-likeness (QED) is 0.746. The minimum Gasteiger partial charge on any atom is -0.379 e. The maximum absolute atomic E-state index is 12.3. The molecule has 0 aromatic carbocycles. The number of aromatic nitrogens is 4. The summed E-state index contributed by atoms with van der Waals surface area (Å²) < 4.78 is 12.8. The second kappa shape index (κ2) is 7.40. The first-order chi connectivity index (χ1) is 13.1. The average molecular weight is 371 g/mol. The highest BCUT2D eigenvalue weighted by atomic mass is 32.1. The number of ether oxygens (including phenoxy) is 1. The van der Waals surface area contributed by atoms with Crippen LogP contribution in [0.5, 0.6) is 0 Å². The van der Waals surface area contributed by atoms with Crippen LogP contribution in [-0.2, 0) is 9.53 Å². The van der Waals surface area contributed by atoms with Gasteiger partial charge in [-0.2, -0.15) is 0 Å². The molecule has 0 bridgehead atoms. The summed E-state index contributed by atoms with van der Waals surface area (Å²) in [7, 11) is 0. The minimum absolute atomic E-state index is 0.174. The van der Waals surface area contributed by atoms with Crippen LogP contribution in [0.25, 0.3) is 21.6 Å². The van der Waals surface area contributed by atoms with E-state index in [2.05, 4.69) is 25.5 Å². The Bertz CT molecular complexity index is 981. The highest BCUT2D eigenvalue weighted by Gasteiger charge is 2.15. The lowest BCUT2D eigenvalue weighted by molar-refractivity contribution is -0.118. The van der Waals surface area contributed by atoms with Crippen LogP contribution in [0.4, 0.5) is 5.82 Å². The molecule has 1 aliphatic rings. The Morgan fingerprint density at radius 2 is 2.35 bits per heavy atom. The van der Waals surface area contributed by atoms with E-state index in [1.54, 1.807) is 12.3 Å². The first kappa shape index (κ1) is 15.7. The second-order valence-electron chi connectivity index (χ2n) is 5.91. The number of fused-ring (bicyclic) bond motifs is 1. The Hall–Kier alpha value is -2.49. The van der Waals surface area contributed by atoms with Crippen molar-refractivity contribution in [2.75, 3.05) is 38.1 Å². The first-order valence-electron chi connectivity index (χ1n) is 8.78. The fourth-order valence-corrected chi connectivity index (χ4v) is 3.31. The third-order valence-corrected chi connectivity index (χ3v) is 4.79. The van der Waals surface area contributed by atoms with Crippen molar-refractivity contribution in [2.24, 2.45) is 0 Å². The summed E-state index contributed by atoms with van der Waals surface area (Å²) in [6, 6.07) is 5.56. The van der Waals surface area contributed by atoms with Crippen LogP contribution in [0.1, 0.15) is 6.38 Å². The van der Waals surface area contributed by atoms with Crippen molar-refractivity contribution in [3.8, 4) is 10.7 Å². The first-order valence-corrected chi connectivity index (χ1v) is 9.02. The Labute approximate surface area is 155 Å². The van der Waals surface area contributed by atoms with E-state index in [-0.39, 0.29) is 12.5 Å². The molecule has 0 radical (unpaired) electrons. The maximum Gasteiger partial charge on any atom is 0.239 e. The molecule has 4 rings (SSSR count). The van der Waals surface area contributed by atoms with Crippen LogP contribution in [-0.4, -0.2) is 63.8 Å². The van der Waals surface area contributed by atoms with Gasteiger partial charge in [-0.15, -0.1) is 10.2 Å². The van der Waals surface area contributed by atoms with Gasteiger partial charge in [0.05, 0.1) is 26.6 Å². The fraction of sp³-hybridized carbons (Fsp3) is 0.353. The second-order valence-corrected chi connectivity index (χ2v) is 7.09. The fourth-order valence-electron chi connectivity index (χ4n) is 2.65. The van der Waals surface area contributed by atoms with Gasteiger partial charge in [0.1, 0.15) is 16.5 Å². The standard InChI is InChI=1S/C17H18N6O2S/c1-11-21-22-17(26-11)13-3-2-12-9-18-15(8-14(12)19-13)20-16(24)10-23-4-6-25-7-5-23/h2-3,8-9H,4-7,10H2,1H3,(H,18,20,24)/i6D. The predicted molar refractivity (Wildman–Crippen MR) is 99.1 cm³/mol. The normalized spacial score (nSPS) is 18.7. The van der Waals surface area contributed by atoms with Crippen molar-refractivity contribution in [1.82, 2.24) is 25.1 Å². The zero-order chi connectivity index (χ0) is 18.8. The van der Waals surface area contributed by atoms with E-state index < -0.39 is 6.58 Å². The zero-order valence-corrected chi connectivity index (χ0v) is 15.0. The number of hydrogen-bond acceptors (Lipinski definition) is 8. The van der Waals surface area contributed by atoms with E-state index in [1.807, 2.05) is 24.0 Å². The van der Waals surface area contributed by atoms with Gasteiger partial charge in [-0.1, -0.05) is 11.3 Å². The molecule has 1 unspecified atom stereocenters. The van der Waals surface area contributed by atoms with Crippen molar-refractivity contribution in [3.05, 3.63) is 29.4 Å². The molecule has 1 atom stereocenters. The molecule has 3 aromatic rings. The Balaban J connectivity index is 1.49. The van der Waals surface area contributed by atoms with Crippen molar-refractivity contribution in [1.29, 1.82) is 0 Å². The Morgan fingerprint density at radius 3 is 3.15 bits per heavy atom. The average Bonchev–Trinajstić information content (AvgIpc) is 3.07. The summed E-state index contributed by atoms with van der Waals surface area (Å²) >= 11 is 1.48. The molecule has 1 N–H and O–H groups in total. The smallest absolute Gasteiger partial charge is 0.239 e. The van der Waals surface area contributed by atoms with Gasteiger partial charge in [-0.25, -0.2) is 9.97 Å². The molecular formula is C17H18N6O2S. The number of hydrogen-bond donors (Lipinski definition) is 1. The van der Waals surface area contributed by atoms with Gasteiger partial charge >= 0.3 is 0 Å². The topological polar surface area (TPSA) is 93.1 Å². The molecule has 3 aromatic heterocycles. The van der Waals surface area contributed by atoms with Crippen molar-refractivity contribution in [3.63, 3.8) is 0 Å². The van der Waals surface area contributed by atoms with Gasteiger partial charge in [0, 0.05) is 30.7 Å². The maximum atomic E-state index is 12.3. The molecule has 0 saturated carbocycles. The van der Waals surface area contributed by atoms with E-state index in [0.717, 1.165) is 26.6 Å².